The third-order valence-electron chi connectivity index (χ3n) is 2.44. The van der Waals surface area contributed by atoms with E-state index in [0.717, 1.165) is 5.92 Å². The number of allylic oxidation sites excluding steroid dienone is 4. The molecule has 0 bridgehead atoms. The fourth-order valence-corrected chi connectivity index (χ4v) is 1.65. The van der Waals surface area contributed by atoms with E-state index in [1.807, 2.05) is 0 Å². The molecular formula is C12H20. The van der Waals surface area contributed by atoms with Crippen molar-refractivity contribution in [1.82, 2.24) is 0 Å². The van der Waals surface area contributed by atoms with Gasteiger partial charge in [0.1, 0.15) is 0 Å². The minimum absolute atomic E-state index is 0.885. The van der Waals surface area contributed by atoms with Crippen LogP contribution in [0.5, 0.6) is 0 Å². The second-order valence-electron chi connectivity index (χ2n) is 3.60. The van der Waals surface area contributed by atoms with Crippen molar-refractivity contribution in [1.29, 1.82) is 0 Å². The van der Waals surface area contributed by atoms with Crippen molar-refractivity contribution in [3.8, 4) is 0 Å². The van der Waals surface area contributed by atoms with Gasteiger partial charge in [-0.2, -0.15) is 0 Å². The predicted molar refractivity (Wildman–Crippen MR) is 55.1 cm³/mol. The van der Waals surface area contributed by atoms with Crippen LogP contribution in [0.4, 0.5) is 0 Å². The lowest BCUT2D eigenvalue weighted by Crippen LogP contribution is -1.89. The molecule has 0 heteroatoms. The van der Waals surface area contributed by atoms with Crippen molar-refractivity contribution >= 4 is 0 Å². The molecule has 1 rings (SSSR count). The fraction of sp³-hybridized carbons (Fsp3) is 0.667. The van der Waals surface area contributed by atoms with Gasteiger partial charge in [-0.05, 0) is 38.0 Å². The Morgan fingerprint density at radius 2 is 2.17 bits per heavy atom. The molecule has 0 aromatic rings. The third-order valence-corrected chi connectivity index (χ3v) is 2.44. The van der Waals surface area contributed by atoms with E-state index in [9.17, 15) is 0 Å². The van der Waals surface area contributed by atoms with Crippen LogP contribution in [-0.2, 0) is 0 Å². The number of hydrogen-bond donors (Lipinski definition) is 0. The number of hydrogen-bond acceptors (Lipinski definition) is 0. The largest absolute Gasteiger partial charge is 0.0885 e. The van der Waals surface area contributed by atoms with Crippen molar-refractivity contribution in [3.05, 3.63) is 24.3 Å². The van der Waals surface area contributed by atoms with Crippen molar-refractivity contribution in [3.63, 3.8) is 0 Å². The summed E-state index contributed by atoms with van der Waals surface area (Å²) in [7, 11) is 0. The second kappa shape index (κ2) is 6.05. The van der Waals surface area contributed by atoms with Gasteiger partial charge in [-0.1, -0.05) is 37.6 Å². The lowest BCUT2D eigenvalue weighted by molar-refractivity contribution is 0.584. The first-order valence-corrected chi connectivity index (χ1v) is 5.25. The molecular weight excluding hydrogens is 144 g/mol. The molecule has 0 saturated carbocycles. The summed E-state index contributed by atoms with van der Waals surface area (Å²) in [4.78, 5) is 0. The molecule has 0 heterocycles. The lowest BCUT2D eigenvalue weighted by Gasteiger charge is -2.03. The van der Waals surface area contributed by atoms with Gasteiger partial charge in [-0.3, -0.25) is 0 Å². The van der Waals surface area contributed by atoms with E-state index in [0.29, 0.717) is 0 Å². The van der Waals surface area contributed by atoms with Crippen LogP contribution in [0.25, 0.3) is 0 Å². The maximum absolute atomic E-state index is 2.38. The molecule has 0 fully saturated rings. The van der Waals surface area contributed by atoms with Crippen LogP contribution in [0.3, 0.4) is 0 Å². The van der Waals surface area contributed by atoms with Crippen molar-refractivity contribution in [2.24, 2.45) is 5.92 Å². The molecule has 0 aromatic heterocycles. The highest BCUT2D eigenvalue weighted by molar-refractivity contribution is 4.97. The van der Waals surface area contributed by atoms with Crippen molar-refractivity contribution in [2.45, 2.75) is 45.4 Å². The third kappa shape index (κ3) is 3.75. The molecule has 0 radical (unpaired) electrons. The van der Waals surface area contributed by atoms with Gasteiger partial charge < -0.3 is 0 Å². The van der Waals surface area contributed by atoms with E-state index in [2.05, 4.69) is 31.2 Å². The highest BCUT2D eigenvalue weighted by atomic mass is 14.1. The van der Waals surface area contributed by atoms with Crippen LogP contribution in [0.2, 0.25) is 0 Å². The van der Waals surface area contributed by atoms with Crippen LogP contribution in [0.1, 0.15) is 45.4 Å². The standard InChI is InChI=1S/C12H20/c1-2-3-4-5-6-9-12-10-7-8-11-12/h4-5,7,10,12H,2-3,6,8-9,11H2,1H3/b5-4-/t12-/m1/s1. The molecule has 0 spiro atoms. The Hall–Kier alpha value is -0.520. The molecule has 12 heavy (non-hydrogen) atoms. The molecule has 1 aliphatic carbocycles. The molecule has 0 aromatic carbocycles. The van der Waals surface area contributed by atoms with Gasteiger partial charge in [0.25, 0.3) is 0 Å². The van der Waals surface area contributed by atoms with E-state index in [4.69, 9.17) is 0 Å². The van der Waals surface area contributed by atoms with Crippen LogP contribution in [0.15, 0.2) is 24.3 Å². The molecule has 0 nitrogen and oxygen atoms in total. The SMILES string of the molecule is CCC/C=C\CC[C@@H]1C=CCC1. The molecule has 0 amide bonds. The smallest absolute Gasteiger partial charge is 0.0228 e. The van der Waals surface area contributed by atoms with Crippen molar-refractivity contribution < 1.29 is 0 Å². The van der Waals surface area contributed by atoms with E-state index >= 15 is 0 Å². The zero-order valence-electron chi connectivity index (χ0n) is 8.13. The van der Waals surface area contributed by atoms with Crippen molar-refractivity contribution in [2.75, 3.05) is 0 Å². The van der Waals surface area contributed by atoms with Gasteiger partial charge in [0.2, 0.25) is 0 Å². The van der Waals surface area contributed by atoms with E-state index in [1.165, 1.54) is 38.5 Å². The minimum atomic E-state index is 0.885. The Kier molecular flexibility index (Phi) is 4.82. The fourth-order valence-electron chi connectivity index (χ4n) is 1.65. The Morgan fingerprint density at radius 1 is 1.33 bits per heavy atom. The molecule has 0 aliphatic heterocycles. The van der Waals surface area contributed by atoms with Gasteiger partial charge in [-0.25, -0.2) is 0 Å². The van der Waals surface area contributed by atoms with Gasteiger partial charge in [0, 0.05) is 0 Å². The quantitative estimate of drug-likeness (QED) is 0.537. The summed E-state index contributed by atoms with van der Waals surface area (Å²) in [5.41, 5.74) is 0. The summed E-state index contributed by atoms with van der Waals surface area (Å²) in [6.07, 6.45) is 17.2. The Balaban J connectivity index is 1.98. The summed E-state index contributed by atoms with van der Waals surface area (Å²) in [6.45, 7) is 2.23. The normalized spacial score (nSPS) is 22.6. The lowest BCUT2D eigenvalue weighted by atomic mass is 10.0. The molecule has 1 atom stereocenters. The molecule has 0 N–H and O–H groups in total. The van der Waals surface area contributed by atoms with Crippen LogP contribution < -0.4 is 0 Å². The van der Waals surface area contributed by atoms with Crippen LogP contribution >= 0.6 is 0 Å². The second-order valence-corrected chi connectivity index (χ2v) is 3.60. The van der Waals surface area contributed by atoms with Crippen LogP contribution in [-0.4, -0.2) is 0 Å². The Bertz CT molecular complexity index is 153. The number of rotatable bonds is 5. The Morgan fingerprint density at radius 3 is 2.83 bits per heavy atom. The zero-order chi connectivity index (χ0) is 8.65. The molecule has 68 valence electrons. The summed E-state index contributed by atoms with van der Waals surface area (Å²) >= 11 is 0. The highest BCUT2D eigenvalue weighted by Gasteiger charge is 2.06. The summed E-state index contributed by atoms with van der Waals surface area (Å²) in [6, 6.07) is 0. The van der Waals surface area contributed by atoms with Crippen LogP contribution in [0, 0.1) is 5.92 Å². The monoisotopic (exact) mass is 164 g/mol. The minimum Gasteiger partial charge on any atom is -0.0885 e. The average Bonchev–Trinajstić information content (AvgIpc) is 2.57. The van der Waals surface area contributed by atoms with E-state index in [-0.39, 0.29) is 0 Å². The zero-order valence-corrected chi connectivity index (χ0v) is 8.13. The maximum Gasteiger partial charge on any atom is -0.0228 e. The van der Waals surface area contributed by atoms with E-state index < -0.39 is 0 Å². The topological polar surface area (TPSA) is 0 Å². The Labute approximate surface area is 76.4 Å². The maximum atomic E-state index is 2.38. The first-order valence-electron chi connectivity index (χ1n) is 5.25. The molecule has 0 unspecified atom stereocenters. The first-order chi connectivity index (χ1) is 5.93. The van der Waals surface area contributed by atoms with Gasteiger partial charge in [0.15, 0.2) is 0 Å². The highest BCUT2D eigenvalue weighted by Crippen LogP contribution is 2.21. The average molecular weight is 164 g/mol. The molecule has 0 saturated heterocycles. The summed E-state index contributed by atoms with van der Waals surface area (Å²) in [5, 5.41) is 0. The summed E-state index contributed by atoms with van der Waals surface area (Å²) in [5.74, 6) is 0.885. The van der Waals surface area contributed by atoms with Gasteiger partial charge >= 0.3 is 0 Å². The molecule has 1 aliphatic rings. The summed E-state index contributed by atoms with van der Waals surface area (Å²) < 4.78 is 0. The first kappa shape index (κ1) is 9.57. The van der Waals surface area contributed by atoms with E-state index in [1.54, 1.807) is 0 Å². The predicted octanol–water partition coefficient (Wildman–Crippen LogP) is 4.09. The van der Waals surface area contributed by atoms with Gasteiger partial charge in [-0.15, -0.1) is 0 Å². The number of unbranched alkanes of at least 4 members (excludes halogenated alkanes) is 1. The van der Waals surface area contributed by atoms with Gasteiger partial charge in [0.05, 0.1) is 0 Å².